The van der Waals surface area contributed by atoms with Crippen LogP contribution in [0.2, 0.25) is 0 Å². The summed E-state index contributed by atoms with van der Waals surface area (Å²) in [7, 11) is -3.36. The van der Waals surface area contributed by atoms with Crippen molar-refractivity contribution < 1.29 is 8.42 Å². The lowest BCUT2D eigenvalue weighted by Gasteiger charge is -2.42. The summed E-state index contributed by atoms with van der Waals surface area (Å²) in [6.45, 7) is 3.00. The first-order valence-corrected chi connectivity index (χ1v) is 7.92. The first-order chi connectivity index (χ1) is 7.97. The summed E-state index contributed by atoms with van der Waals surface area (Å²) in [6, 6.07) is -0.0232. The van der Waals surface area contributed by atoms with Crippen molar-refractivity contribution in [2.24, 2.45) is 5.73 Å². The molecular weight excluding hydrogens is 238 g/mol. The van der Waals surface area contributed by atoms with Crippen molar-refractivity contribution in [3.8, 4) is 0 Å². The molecule has 1 heterocycles. The Labute approximate surface area is 104 Å². The zero-order valence-electron chi connectivity index (χ0n) is 10.5. The van der Waals surface area contributed by atoms with E-state index >= 15 is 0 Å². The van der Waals surface area contributed by atoms with E-state index in [-0.39, 0.29) is 11.6 Å². The average molecular weight is 261 g/mol. The number of piperidine rings is 1. The van der Waals surface area contributed by atoms with Crippen molar-refractivity contribution in [1.82, 2.24) is 9.03 Å². The molecule has 2 aliphatic rings. The molecule has 0 bridgehead atoms. The van der Waals surface area contributed by atoms with Gasteiger partial charge < -0.3 is 5.73 Å². The lowest BCUT2D eigenvalue weighted by atomic mass is 9.80. The summed E-state index contributed by atoms with van der Waals surface area (Å²) in [4.78, 5) is 0. The minimum absolute atomic E-state index is 0.0232. The van der Waals surface area contributed by atoms with Crippen molar-refractivity contribution in [3.63, 3.8) is 0 Å². The maximum Gasteiger partial charge on any atom is 0.280 e. The van der Waals surface area contributed by atoms with Crippen molar-refractivity contribution in [2.45, 2.75) is 57.0 Å². The van der Waals surface area contributed by atoms with E-state index in [4.69, 9.17) is 5.73 Å². The zero-order valence-corrected chi connectivity index (χ0v) is 11.3. The fourth-order valence-electron chi connectivity index (χ4n) is 2.71. The highest BCUT2D eigenvalue weighted by Gasteiger charge is 2.40. The van der Waals surface area contributed by atoms with Crippen LogP contribution >= 0.6 is 0 Å². The molecule has 0 spiro atoms. The van der Waals surface area contributed by atoms with Gasteiger partial charge in [0.25, 0.3) is 10.2 Å². The lowest BCUT2D eigenvalue weighted by molar-refractivity contribution is 0.218. The van der Waals surface area contributed by atoms with Gasteiger partial charge in [-0.05, 0) is 39.0 Å². The Hall–Kier alpha value is -0.170. The number of nitrogens with zero attached hydrogens (tertiary/aromatic N) is 1. The topological polar surface area (TPSA) is 75.4 Å². The Morgan fingerprint density at radius 2 is 2.06 bits per heavy atom. The van der Waals surface area contributed by atoms with E-state index < -0.39 is 10.2 Å². The summed E-state index contributed by atoms with van der Waals surface area (Å²) >= 11 is 0. The molecule has 0 amide bonds. The van der Waals surface area contributed by atoms with Gasteiger partial charge in [-0.25, -0.2) is 0 Å². The predicted octanol–water partition coefficient (Wildman–Crippen LogP) is 0.577. The van der Waals surface area contributed by atoms with Crippen LogP contribution in [0.4, 0.5) is 0 Å². The van der Waals surface area contributed by atoms with E-state index in [0.29, 0.717) is 13.1 Å². The Bertz CT molecular complexity index is 365. The van der Waals surface area contributed by atoms with Crippen molar-refractivity contribution >= 4 is 10.2 Å². The molecule has 1 saturated heterocycles. The second-order valence-electron chi connectivity index (χ2n) is 5.52. The second-order valence-corrected chi connectivity index (χ2v) is 7.14. The molecule has 3 N–H and O–H groups in total. The van der Waals surface area contributed by atoms with E-state index in [1.807, 2.05) is 6.92 Å². The van der Waals surface area contributed by atoms with E-state index in [2.05, 4.69) is 4.72 Å². The highest BCUT2D eigenvalue weighted by atomic mass is 32.2. The zero-order chi connectivity index (χ0) is 12.5. The molecule has 1 aliphatic heterocycles. The van der Waals surface area contributed by atoms with Gasteiger partial charge in [0.1, 0.15) is 0 Å². The minimum atomic E-state index is -3.36. The number of hydrogen-bond donors (Lipinski definition) is 2. The molecule has 5 nitrogen and oxygen atoms in total. The Balaban J connectivity index is 2.07. The van der Waals surface area contributed by atoms with Gasteiger partial charge >= 0.3 is 0 Å². The summed E-state index contributed by atoms with van der Waals surface area (Å²) < 4.78 is 29.1. The van der Waals surface area contributed by atoms with E-state index in [1.54, 1.807) is 4.31 Å². The second kappa shape index (κ2) is 4.84. The largest absolute Gasteiger partial charge is 0.329 e. The molecule has 1 saturated carbocycles. The van der Waals surface area contributed by atoms with Gasteiger partial charge in [0.05, 0.1) is 0 Å². The minimum Gasteiger partial charge on any atom is -0.329 e. The maximum atomic E-state index is 12.3. The Morgan fingerprint density at radius 3 is 2.59 bits per heavy atom. The van der Waals surface area contributed by atoms with Crippen LogP contribution in [-0.2, 0) is 10.2 Å². The number of hydrogen-bond acceptors (Lipinski definition) is 3. The number of nitrogens with two attached hydrogens (primary N) is 1. The molecule has 17 heavy (non-hydrogen) atoms. The molecule has 0 radical (unpaired) electrons. The lowest BCUT2D eigenvalue weighted by Crippen LogP contribution is -2.59. The summed E-state index contributed by atoms with van der Waals surface area (Å²) in [5, 5.41) is 0. The third kappa shape index (κ3) is 2.81. The molecule has 2 fully saturated rings. The SMILES string of the molecule is CC1(NS(=O)(=O)N2CCCCC2CN)CCC1. The molecule has 0 aromatic carbocycles. The number of rotatable bonds is 4. The van der Waals surface area contributed by atoms with Crippen LogP contribution in [0.3, 0.4) is 0 Å². The quantitative estimate of drug-likeness (QED) is 0.777. The Kier molecular flexibility index (Phi) is 3.77. The molecule has 1 atom stereocenters. The first-order valence-electron chi connectivity index (χ1n) is 6.48. The summed E-state index contributed by atoms with van der Waals surface area (Å²) in [5.74, 6) is 0. The van der Waals surface area contributed by atoms with Crippen LogP contribution < -0.4 is 10.5 Å². The molecule has 1 aliphatic carbocycles. The van der Waals surface area contributed by atoms with Gasteiger partial charge in [-0.1, -0.05) is 6.42 Å². The molecule has 2 rings (SSSR count). The molecule has 100 valence electrons. The highest BCUT2D eigenvalue weighted by molar-refractivity contribution is 7.87. The van der Waals surface area contributed by atoms with Crippen LogP contribution in [0.5, 0.6) is 0 Å². The van der Waals surface area contributed by atoms with Crippen LogP contribution in [0.15, 0.2) is 0 Å². The van der Waals surface area contributed by atoms with Gasteiger partial charge in [-0.15, -0.1) is 0 Å². The Morgan fingerprint density at radius 1 is 1.35 bits per heavy atom. The fourth-order valence-corrected chi connectivity index (χ4v) is 4.60. The molecule has 0 aromatic heterocycles. The molecule has 0 aromatic rings. The van der Waals surface area contributed by atoms with E-state index in [0.717, 1.165) is 38.5 Å². The summed E-state index contributed by atoms with van der Waals surface area (Å²) in [6.07, 6.45) is 5.88. The normalized spacial score (nSPS) is 29.9. The average Bonchev–Trinajstić information content (AvgIpc) is 2.26. The van der Waals surface area contributed by atoms with Crippen LogP contribution in [0.1, 0.15) is 45.4 Å². The maximum absolute atomic E-state index is 12.3. The molecule has 6 heteroatoms. The van der Waals surface area contributed by atoms with E-state index in [9.17, 15) is 8.42 Å². The van der Waals surface area contributed by atoms with Gasteiger partial charge in [-0.3, -0.25) is 0 Å². The number of nitrogens with one attached hydrogen (secondary N) is 1. The van der Waals surface area contributed by atoms with Crippen LogP contribution in [0, 0.1) is 0 Å². The summed E-state index contributed by atoms with van der Waals surface area (Å²) in [5.41, 5.74) is 5.44. The third-order valence-corrected chi connectivity index (χ3v) is 5.84. The van der Waals surface area contributed by atoms with Crippen molar-refractivity contribution in [3.05, 3.63) is 0 Å². The van der Waals surface area contributed by atoms with Crippen molar-refractivity contribution in [2.75, 3.05) is 13.1 Å². The predicted molar refractivity (Wildman–Crippen MR) is 67.7 cm³/mol. The van der Waals surface area contributed by atoms with Crippen LogP contribution in [0.25, 0.3) is 0 Å². The van der Waals surface area contributed by atoms with Gasteiger partial charge in [0, 0.05) is 24.7 Å². The molecule has 1 unspecified atom stereocenters. The fraction of sp³-hybridized carbons (Fsp3) is 1.00. The van der Waals surface area contributed by atoms with E-state index in [1.165, 1.54) is 0 Å². The third-order valence-electron chi connectivity index (χ3n) is 3.99. The molecular formula is C11H23N3O2S. The standard InChI is InChI=1S/C11H23N3O2S/c1-11(6-4-7-11)13-17(15,16)14-8-3-2-5-10(14)9-12/h10,13H,2-9,12H2,1H3. The van der Waals surface area contributed by atoms with Gasteiger partial charge in [0.15, 0.2) is 0 Å². The van der Waals surface area contributed by atoms with Gasteiger partial charge in [0.2, 0.25) is 0 Å². The smallest absolute Gasteiger partial charge is 0.280 e. The monoisotopic (exact) mass is 261 g/mol. The van der Waals surface area contributed by atoms with Crippen LogP contribution in [-0.4, -0.2) is 37.4 Å². The van der Waals surface area contributed by atoms with Gasteiger partial charge in [-0.2, -0.15) is 17.4 Å². The first kappa shape index (κ1) is 13.3. The van der Waals surface area contributed by atoms with Crippen molar-refractivity contribution in [1.29, 1.82) is 0 Å². The highest BCUT2D eigenvalue weighted by Crippen LogP contribution is 2.32.